The third-order valence-electron chi connectivity index (χ3n) is 4.31. The minimum Gasteiger partial charge on any atom is -0.353 e. The van der Waals surface area contributed by atoms with Crippen LogP contribution in [0.2, 0.25) is 0 Å². The molecule has 0 aromatic rings. The van der Waals surface area contributed by atoms with Crippen LogP contribution in [0.15, 0.2) is 0 Å². The molecular weight excluding hydrogens is 248 g/mol. The van der Waals surface area contributed by atoms with Crippen molar-refractivity contribution in [3.8, 4) is 0 Å². The number of hydrogen-bond donors (Lipinski definition) is 2. The quantitative estimate of drug-likeness (QED) is 0.809. The second-order valence-electron chi connectivity index (χ2n) is 5.72. The molecule has 4 heteroatoms. The fraction of sp³-hybridized carbons (Fsp3) is 0.929. The Kier molecular flexibility index (Phi) is 7.02. The van der Waals surface area contributed by atoms with Gasteiger partial charge in [0.25, 0.3) is 0 Å². The van der Waals surface area contributed by atoms with E-state index in [0.29, 0.717) is 6.04 Å². The summed E-state index contributed by atoms with van der Waals surface area (Å²) in [5, 5.41) is 6.37. The van der Waals surface area contributed by atoms with Gasteiger partial charge in [-0.3, -0.25) is 4.79 Å². The number of amides is 1. The first-order valence-corrected chi connectivity index (χ1v) is 7.30. The molecule has 0 radical (unpaired) electrons. The van der Waals surface area contributed by atoms with Gasteiger partial charge in [0.15, 0.2) is 0 Å². The lowest BCUT2D eigenvalue weighted by Gasteiger charge is -2.32. The molecule has 2 aliphatic rings. The molecule has 3 nitrogen and oxygen atoms in total. The molecule has 2 fully saturated rings. The van der Waals surface area contributed by atoms with E-state index < -0.39 is 0 Å². The molecule has 1 saturated carbocycles. The standard InChI is InChI=1S/C14H26N2O.ClH/c1-2-3-4-11-5-7-13(8-6-11)16-14(17)12-9-15-10-12;/h11-13,15H,2-10H2,1H3,(H,16,17);1H. The van der Waals surface area contributed by atoms with E-state index in [4.69, 9.17) is 0 Å². The first-order valence-electron chi connectivity index (χ1n) is 7.30. The van der Waals surface area contributed by atoms with Crippen molar-refractivity contribution in [2.75, 3.05) is 13.1 Å². The number of carbonyl (C=O) groups is 1. The zero-order valence-corrected chi connectivity index (χ0v) is 12.2. The number of carbonyl (C=O) groups excluding carboxylic acids is 1. The average Bonchev–Trinajstić information content (AvgIpc) is 2.26. The summed E-state index contributed by atoms with van der Waals surface area (Å²) in [5.41, 5.74) is 0. The predicted molar refractivity (Wildman–Crippen MR) is 77.0 cm³/mol. The summed E-state index contributed by atoms with van der Waals surface area (Å²) >= 11 is 0. The number of halogens is 1. The summed E-state index contributed by atoms with van der Waals surface area (Å²) in [6, 6.07) is 0.459. The highest BCUT2D eigenvalue weighted by Crippen LogP contribution is 2.28. The second kappa shape index (κ2) is 8.00. The molecule has 1 aliphatic heterocycles. The molecule has 0 unspecified atom stereocenters. The van der Waals surface area contributed by atoms with E-state index in [-0.39, 0.29) is 24.2 Å². The van der Waals surface area contributed by atoms with E-state index in [2.05, 4.69) is 17.6 Å². The third-order valence-corrected chi connectivity index (χ3v) is 4.31. The van der Waals surface area contributed by atoms with Crippen LogP contribution in [-0.4, -0.2) is 25.0 Å². The van der Waals surface area contributed by atoms with Gasteiger partial charge < -0.3 is 10.6 Å². The molecule has 0 spiro atoms. The molecule has 0 atom stereocenters. The summed E-state index contributed by atoms with van der Waals surface area (Å²) in [5.74, 6) is 1.45. The third kappa shape index (κ3) is 4.43. The molecule has 1 amide bonds. The van der Waals surface area contributed by atoms with E-state index in [1.807, 2.05) is 0 Å². The maximum atomic E-state index is 11.8. The Labute approximate surface area is 117 Å². The summed E-state index contributed by atoms with van der Waals surface area (Å²) in [7, 11) is 0. The van der Waals surface area contributed by atoms with Gasteiger partial charge in [-0.2, -0.15) is 0 Å². The van der Waals surface area contributed by atoms with Crippen molar-refractivity contribution in [2.45, 2.75) is 57.9 Å². The first-order chi connectivity index (χ1) is 8.29. The second-order valence-corrected chi connectivity index (χ2v) is 5.72. The Morgan fingerprint density at radius 2 is 1.89 bits per heavy atom. The summed E-state index contributed by atoms with van der Waals surface area (Å²) in [6.45, 7) is 4.01. The normalized spacial score (nSPS) is 28.1. The highest BCUT2D eigenvalue weighted by atomic mass is 35.5. The van der Waals surface area contributed by atoms with Gasteiger partial charge in [0, 0.05) is 19.1 Å². The van der Waals surface area contributed by atoms with E-state index in [0.717, 1.165) is 19.0 Å². The fourth-order valence-corrected chi connectivity index (χ4v) is 2.88. The van der Waals surface area contributed by atoms with Crippen LogP contribution in [-0.2, 0) is 4.79 Å². The van der Waals surface area contributed by atoms with Crippen molar-refractivity contribution in [1.82, 2.24) is 10.6 Å². The SMILES string of the molecule is CCCCC1CCC(NC(=O)C2CNC2)CC1.Cl. The number of nitrogens with one attached hydrogen (secondary N) is 2. The lowest BCUT2D eigenvalue weighted by Crippen LogP contribution is -2.53. The van der Waals surface area contributed by atoms with Gasteiger partial charge in [0.05, 0.1) is 5.92 Å². The Hall–Kier alpha value is -0.280. The largest absolute Gasteiger partial charge is 0.353 e. The Morgan fingerprint density at radius 3 is 2.39 bits per heavy atom. The first kappa shape index (κ1) is 15.8. The lowest BCUT2D eigenvalue weighted by molar-refractivity contribution is -0.127. The molecule has 18 heavy (non-hydrogen) atoms. The van der Waals surface area contributed by atoms with Crippen molar-refractivity contribution in [2.24, 2.45) is 11.8 Å². The summed E-state index contributed by atoms with van der Waals surface area (Å²) < 4.78 is 0. The zero-order valence-electron chi connectivity index (χ0n) is 11.4. The lowest BCUT2D eigenvalue weighted by atomic mass is 9.83. The van der Waals surface area contributed by atoms with Crippen molar-refractivity contribution in [3.05, 3.63) is 0 Å². The highest BCUT2D eigenvalue weighted by Gasteiger charge is 2.28. The van der Waals surface area contributed by atoms with Crippen LogP contribution in [0.3, 0.4) is 0 Å². The van der Waals surface area contributed by atoms with Gasteiger partial charge in [-0.05, 0) is 31.6 Å². The molecule has 2 rings (SSSR count). The van der Waals surface area contributed by atoms with Crippen molar-refractivity contribution < 1.29 is 4.79 Å². The fourth-order valence-electron chi connectivity index (χ4n) is 2.88. The Bertz CT molecular complexity index is 248. The summed E-state index contributed by atoms with van der Waals surface area (Å²) in [6.07, 6.45) is 9.09. The summed E-state index contributed by atoms with van der Waals surface area (Å²) in [4.78, 5) is 11.8. The molecular formula is C14H27ClN2O. The average molecular weight is 275 g/mol. The van der Waals surface area contributed by atoms with Crippen molar-refractivity contribution >= 4 is 18.3 Å². The van der Waals surface area contributed by atoms with E-state index in [1.54, 1.807) is 0 Å². The Morgan fingerprint density at radius 1 is 1.22 bits per heavy atom. The minimum absolute atomic E-state index is 0. The predicted octanol–water partition coefficient (Wildman–Crippen LogP) is 2.49. The minimum atomic E-state index is 0. The van der Waals surface area contributed by atoms with Crippen LogP contribution < -0.4 is 10.6 Å². The number of rotatable bonds is 5. The maximum absolute atomic E-state index is 11.8. The van der Waals surface area contributed by atoms with Crippen LogP contribution in [0.25, 0.3) is 0 Å². The van der Waals surface area contributed by atoms with E-state index in [9.17, 15) is 4.79 Å². The van der Waals surface area contributed by atoms with Crippen LogP contribution in [0.5, 0.6) is 0 Å². The number of unbranched alkanes of at least 4 members (excludes halogenated alkanes) is 1. The van der Waals surface area contributed by atoms with Gasteiger partial charge in [-0.1, -0.05) is 26.2 Å². The molecule has 106 valence electrons. The number of hydrogen-bond acceptors (Lipinski definition) is 2. The van der Waals surface area contributed by atoms with Crippen LogP contribution in [0.4, 0.5) is 0 Å². The van der Waals surface area contributed by atoms with Gasteiger partial charge in [-0.15, -0.1) is 12.4 Å². The molecule has 0 aromatic carbocycles. The highest BCUT2D eigenvalue weighted by molar-refractivity contribution is 5.85. The maximum Gasteiger partial charge on any atom is 0.225 e. The molecule has 1 heterocycles. The molecule has 1 saturated heterocycles. The van der Waals surface area contributed by atoms with Crippen LogP contribution in [0, 0.1) is 11.8 Å². The monoisotopic (exact) mass is 274 g/mol. The van der Waals surface area contributed by atoms with Crippen molar-refractivity contribution in [1.29, 1.82) is 0 Å². The Balaban J connectivity index is 0.00000162. The smallest absolute Gasteiger partial charge is 0.225 e. The van der Waals surface area contributed by atoms with Gasteiger partial charge in [-0.25, -0.2) is 0 Å². The van der Waals surface area contributed by atoms with Gasteiger partial charge in [0.2, 0.25) is 5.91 Å². The van der Waals surface area contributed by atoms with E-state index in [1.165, 1.54) is 44.9 Å². The van der Waals surface area contributed by atoms with Crippen LogP contribution >= 0.6 is 12.4 Å². The molecule has 1 aliphatic carbocycles. The van der Waals surface area contributed by atoms with Crippen molar-refractivity contribution in [3.63, 3.8) is 0 Å². The molecule has 2 N–H and O–H groups in total. The topological polar surface area (TPSA) is 41.1 Å². The van der Waals surface area contributed by atoms with E-state index >= 15 is 0 Å². The van der Waals surface area contributed by atoms with Crippen LogP contribution in [0.1, 0.15) is 51.9 Å². The molecule has 0 aromatic heterocycles. The van der Waals surface area contributed by atoms with Gasteiger partial charge in [0.1, 0.15) is 0 Å². The van der Waals surface area contributed by atoms with Gasteiger partial charge >= 0.3 is 0 Å². The molecule has 0 bridgehead atoms. The zero-order chi connectivity index (χ0) is 12.1.